The third-order valence-electron chi connectivity index (χ3n) is 2.03. The average Bonchev–Trinajstić information content (AvgIpc) is 2.18. The molecular formula is C10H16N2O2S. The molecule has 1 aromatic rings. The van der Waals surface area contributed by atoms with E-state index in [9.17, 15) is 8.42 Å². The molecule has 0 heterocycles. The second kappa shape index (κ2) is 4.74. The van der Waals surface area contributed by atoms with Gasteiger partial charge in [-0.3, -0.25) is 5.84 Å². The van der Waals surface area contributed by atoms with Crippen LogP contribution in [0.1, 0.15) is 19.4 Å². The summed E-state index contributed by atoms with van der Waals surface area (Å²) in [5.41, 5.74) is 1.13. The number of nitrogens with one attached hydrogen (secondary N) is 1. The third kappa shape index (κ3) is 3.30. The normalized spacial score (nSPS) is 12.0. The lowest BCUT2D eigenvalue weighted by Gasteiger charge is -2.06. The Labute approximate surface area is 90.5 Å². The van der Waals surface area contributed by atoms with Gasteiger partial charge in [-0.15, -0.1) is 0 Å². The summed E-state index contributed by atoms with van der Waals surface area (Å²) in [6.07, 6.45) is 0.941. The van der Waals surface area contributed by atoms with Crippen LogP contribution in [-0.2, 0) is 16.4 Å². The van der Waals surface area contributed by atoms with Crippen LogP contribution in [-0.4, -0.2) is 8.42 Å². The number of benzene rings is 1. The van der Waals surface area contributed by atoms with Crippen molar-refractivity contribution in [2.24, 2.45) is 11.8 Å². The molecule has 1 aromatic carbocycles. The Hall–Kier alpha value is -0.910. The summed E-state index contributed by atoms with van der Waals surface area (Å²) in [5.74, 6) is 5.47. The molecule has 84 valence electrons. The first-order valence-electron chi connectivity index (χ1n) is 4.77. The van der Waals surface area contributed by atoms with Gasteiger partial charge in [-0.1, -0.05) is 26.0 Å². The highest BCUT2D eigenvalue weighted by molar-refractivity contribution is 7.89. The fraction of sp³-hybridized carbons (Fsp3) is 0.400. The molecule has 0 fully saturated rings. The molecule has 0 radical (unpaired) electrons. The highest BCUT2D eigenvalue weighted by atomic mass is 32.2. The quantitative estimate of drug-likeness (QED) is 0.597. The second-order valence-electron chi connectivity index (χ2n) is 3.86. The standard InChI is InChI=1S/C10H16N2O2S/c1-8(2)7-9-3-5-10(6-4-9)15(13,14)12-11/h3-6,8,12H,7,11H2,1-2H3. The van der Waals surface area contributed by atoms with E-state index < -0.39 is 10.0 Å². The molecule has 0 bridgehead atoms. The van der Waals surface area contributed by atoms with Crippen LogP contribution in [0.4, 0.5) is 0 Å². The SMILES string of the molecule is CC(C)Cc1ccc(S(=O)(=O)NN)cc1. The molecule has 3 N–H and O–H groups in total. The second-order valence-corrected chi connectivity index (χ2v) is 5.58. The molecule has 0 spiro atoms. The minimum Gasteiger partial charge on any atom is -0.257 e. The van der Waals surface area contributed by atoms with Crippen LogP contribution in [0.15, 0.2) is 29.2 Å². The minimum absolute atomic E-state index is 0.192. The Morgan fingerprint density at radius 1 is 1.27 bits per heavy atom. The predicted octanol–water partition coefficient (Wildman–Crippen LogP) is 1.04. The smallest absolute Gasteiger partial charge is 0.253 e. The molecule has 0 amide bonds. The molecule has 1 rings (SSSR count). The van der Waals surface area contributed by atoms with Crippen molar-refractivity contribution in [3.8, 4) is 0 Å². The summed E-state index contributed by atoms with van der Waals surface area (Å²) < 4.78 is 22.6. The summed E-state index contributed by atoms with van der Waals surface area (Å²) in [4.78, 5) is 1.98. The van der Waals surface area contributed by atoms with Crippen molar-refractivity contribution in [2.75, 3.05) is 0 Å². The van der Waals surface area contributed by atoms with Gasteiger partial charge in [0, 0.05) is 0 Å². The van der Waals surface area contributed by atoms with E-state index in [1.54, 1.807) is 17.0 Å². The lowest BCUT2D eigenvalue weighted by molar-refractivity contribution is 0.584. The van der Waals surface area contributed by atoms with E-state index in [0.717, 1.165) is 12.0 Å². The number of sulfonamides is 1. The van der Waals surface area contributed by atoms with Crippen molar-refractivity contribution in [1.29, 1.82) is 0 Å². The van der Waals surface area contributed by atoms with Crippen LogP contribution >= 0.6 is 0 Å². The molecule has 0 saturated carbocycles. The topological polar surface area (TPSA) is 72.2 Å². The summed E-state index contributed by atoms with van der Waals surface area (Å²) in [7, 11) is -3.52. The van der Waals surface area contributed by atoms with E-state index >= 15 is 0 Å². The van der Waals surface area contributed by atoms with Gasteiger partial charge in [0.15, 0.2) is 0 Å². The summed E-state index contributed by atoms with van der Waals surface area (Å²) in [6, 6.07) is 6.74. The first kappa shape index (κ1) is 12.2. The summed E-state index contributed by atoms with van der Waals surface area (Å²) >= 11 is 0. The van der Waals surface area contributed by atoms with Crippen LogP contribution in [0.3, 0.4) is 0 Å². The van der Waals surface area contributed by atoms with Crippen molar-refractivity contribution in [2.45, 2.75) is 25.2 Å². The van der Waals surface area contributed by atoms with Gasteiger partial charge in [0.1, 0.15) is 0 Å². The maximum Gasteiger partial charge on any atom is 0.253 e. The van der Waals surface area contributed by atoms with Crippen LogP contribution in [0.25, 0.3) is 0 Å². The molecule has 0 aromatic heterocycles. The van der Waals surface area contributed by atoms with E-state index in [1.165, 1.54) is 0 Å². The molecule has 0 aliphatic heterocycles. The van der Waals surface area contributed by atoms with Crippen molar-refractivity contribution >= 4 is 10.0 Å². The molecule has 0 saturated heterocycles. The number of hydrazine groups is 1. The van der Waals surface area contributed by atoms with Crippen molar-refractivity contribution in [1.82, 2.24) is 4.83 Å². The molecule has 15 heavy (non-hydrogen) atoms. The van der Waals surface area contributed by atoms with Crippen LogP contribution in [0.5, 0.6) is 0 Å². The zero-order chi connectivity index (χ0) is 11.5. The van der Waals surface area contributed by atoms with Gasteiger partial charge in [-0.2, -0.15) is 4.83 Å². The number of hydrogen-bond donors (Lipinski definition) is 2. The molecule has 0 aliphatic rings. The first-order chi connectivity index (χ1) is 6.95. The Balaban J connectivity index is 2.91. The highest BCUT2D eigenvalue weighted by Gasteiger charge is 2.10. The monoisotopic (exact) mass is 228 g/mol. The van der Waals surface area contributed by atoms with Gasteiger partial charge in [0.05, 0.1) is 4.90 Å². The van der Waals surface area contributed by atoms with Gasteiger partial charge in [0.25, 0.3) is 10.0 Å². The van der Waals surface area contributed by atoms with Gasteiger partial charge in [-0.25, -0.2) is 8.42 Å². The predicted molar refractivity (Wildman–Crippen MR) is 59.5 cm³/mol. The maximum atomic E-state index is 11.3. The summed E-state index contributed by atoms with van der Waals surface area (Å²) in [5, 5.41) is 0. The van der Waals surface area contributed by atoms with Crippen molar-refractivity contribution < 1.29 is 8.42 Å². The van der Waals surface area contributed by atoms with Crippen LogP contribution in [0.2, 0.25) is 0 Å². The van der Waals surface area contributed by atoms with Crippen molar-refractivity contribution in [3.05, 3.63) is 29.8 Å². The van der Waals surface area contributed by atoms with Crippen LogP contribution < -0.4 is 10.7 Å². The van der Waals surface area contributed by atoms with E-state index in [2.05, 4.69) is 13.8 Å². The molecule has 4 nitrogen and oxygen atoms in total. The van der Waals surface area contributed by atoms with Gasteiger partial charge in [0.2, 0.25) is 0 Å². The zero-order valence-corrected chi connectivity index (χ0v) is 9.71. The zero-order valence-electron chi connectivity index (χ0n) is 8.90. The third-order valence-corrected chi connectivity index (χ3v) is 3.24. The lowest BCUT2D eigenvalue weighted by Crippen LogP contribution is -2.30. The highest BCUT2D eigenvalue weighted by Crippen LogP contribution is 2.12. The van der Waals surface area contributed by atoms with E-state index in [0.29, 0.717) is 5.92 Å². The van der Waals surface area contributed by atoms with Crippen LogP contribution in [0, 0.1) is 5.92 Å². The fourth-order valence-corrected chi connectivity index (χ4v) is 1.97. The van der Waals surface area contributed by atoms with Gasteiger partial charge in [-0.05, 0) is 30.0 Å². The van der Waals surface area contributed by atoms with E-state index in [4.69, 9.17) is 5.84 Å². The molecule has 0 atom stereocenters. The van der Waals surface area contributed by atoms with E-state index in [-0.39, 0.29) is 4.90 Å². The number of rotatable bonds is 4. The number of nitrogens with two attached hydrogens (primary N) is 1. The van der Waals surface area contributed by atoms with E-state index in [1.807, 2.05) is 12.1 Å². The van der Waals surface area contributed by atoms with Crippen molar-refractivity contribution in [3.63, 3.8) is 0 Å². The largest absolute Gasteiger partial charge is 0.257 e. The number of hydrogen-bond acceptors (Lipinski definition) is 3. The summed E-state index contributed by atoms with van der Waals surface area (Å²) in [6.45, 7) is 4.23. The Bertz CT molecular complexity index is 410. The first-order valence-corrected chi connectivity index (χ1v) is 6.25. The molecular weight excluding hydrogens is 212 g/mol. The fourth-order valence-electron chi connectivity index (χ4n) is 1.34. The van der Waals surface area contributed by atoms with Gasteiger partial charge >= 0.3 is 0 Å². The Morgan fingerprint density at radius 2 is 1.80 bits per heavy atom. The molecule has 0 unspecified atom stereocenters. The molecule has 0 aliphatic carbocycles. The molecule has 5 heteroatoms. The Morgan fingerprint density at radius 3 is 2.20 bits per heavy atom. The maximum absolute atomic E-state index is 11.3. The van der Waals surface area contributed by atoms with Gasteiger partial charge < -0.3 is 0 Å². The average molecular weight is 228 g/mol. The minimum atomic E-state index is -3.52. The Kier molecular flexibility index (Phi) is 3.84. The lowest BCUT2D eigenvalue weighted by atomic mass is 10.0.